The number of aryl methyl sites for hydroxylation is 1. The maximum Gasteiger partial charge on any atom is 0.257 e. The van der Waals surface area contributed by atoms with Crippen molar-refractivity contribution in [2.24, 2.45) is 0 Å². The summed E-state index contributed by atoms with van der Waals surface area (Å²) in [6.45, 7) is 1.89. The Labute approximate surface area is 119 Å². The van der Waals surface area contributed by atoms with Crippen molar-refractivity contribution >= 4 is 23.0 Å². The lowest BCUT2D eigenvalue weighted by molar-refractivity contribution is 0.102. The van der Waals surface area contributed by atoms with Crippen LogP contribution < -0.4 is 16.0 Å². The second-order valence-electron chi connectivity index (χ2n) is 4.90. The first-order valence-corrected chi connectivity index (χ1v) is 6.43. The first kappa shape index (κ1) is 13.9. The van der Waals surface area contributed by atoms with Gasteiger partial charge in [0.2, 0.25) is 0 Å². The first-order valence-electron chi connectivity index (χ1n) is 6.43. The number of para-hydroxylation sites is 3. The lowest BCUT2D eigenvalue weighted by atomic mass is 10.1. The second-order valence-corrected chi connectivity index (χ2v) is 4.90. The summed E-state index contributed by atoms with van der Waals surface area (Å²) in [6.07, 6.45) is 0. The summed E-state index contributed by atoms with van der Waals surface area (Å²) in [5.41, 5.74) is 9.60. The Morgan fingerprint density at radius 3 is 2.50 bits per heavy atom. The highest BCUT2D eigenvalue weighted by molar-refractivity contribution is 6.09. The standard InChI is InChI=1S/C16H19N3O/c1-11-7-6-8-12(15(11)17)16(20)18-13-9-4-5-10-14(13)19(2)3/h4-10H,17H2,1-3H3,(H,18,20). The van der Waals surface area contributed by atoms with Crippen LogP contribution in [0.2, 0.25) is 0 Å². The summed E-state index contributed by atoms with van der Waals surface area (Å²) in [5, 5.41) is 2.92. The molecule has 104 valence electrons. The second kappa shape index (κ2) is 5.65. The van der Waals surface area contributed by atoms with Gasteiger partial charge in [0, 0.05) is 19.8 Å². The zero-order valence-electron chi connectivity index (χ0n) is 12.0. The molecule has 0 bridgehead atoms. The molecule has 0 aromatic heterocycles. The Bertz CT molecular complexity index is 635. The van der Waals surface area contributed by atoms with Crippen LogP contribution in [0.15, 0.2) is 42.5 Å². The fourth-order valence-electron chi connectivity index (χ4n) is 2.04. The molecule has 0 aliphatic heterocycles. The molecule has 0 aliphatic carbocycles. The van der Waals surface area contributed by atoms with Crippen LogP contribution in [0.25, 0.3) is 0 Å². The molecule has 0 atom stereocenters. The van der Waals surface area contributed by atoms with Gasteiger partial charge in [0.25, 0.3) is 5.91 Å². The minimum atomic E-state index is -0.194. The molecule has 0 aliphatic rings. The molecule has 0 spiro atoms. The van der Waals surface area contributed by atoms with Crippen molar-refractivity contribution in [3.05, 3.63) is 53.6 Å². The highest BCUT2D eigenvalue weighted by Gasteiger charge is 2.13. The van der Waals surface area contributed by atoms with Crippen molar-refractivity contribution < 1.29 is 4.79 Å². The summed E-state index contributed by atoms with van der Waals surface area (Å²) >= 11 is 0. The van der Waals surface area contributed by atoms with E-state index >= 15 is 0 Å². The van der Waals surface area contributed by atoms with E-state index in [1.165, 1.54) is 0 Å². The number of anilines is 3. The fourth-order valence-corrected chi connectivity index (χ4v) is 2.04. The largest absolute Gasteiger partial charge is 0.398 e. The van der Waals surface area contributed by atoms with Crippen molar-refractivity contribution in [2.45, 2.75) is 6.92 Å². The Kier molecular flexibility index (Phi) is 3.94. The van der Waals surface area contributed by atoms with Crippen molar-refractivity contribution in [3.8, 4) is 0 Å². The number of carbonyl (C=O) groups is 1. The molecule has 2 aromatic rings. The number of nitrogen functional groups attached to an aromatic ring is 1. The van der Waals surface area contributed by atoms with Crippen molar-refractivity contribution in [1.29, 1.82) is 0 Å². The summed E-state index contributed by atoms with van der Waals surface area (Å²) in [5.74, 6) is -0.194. The number of nitrogens with two attached hydrogens (primary N) is 1. The Balaban J connectivity index is 2.31. The van der Waals surface area contributed by atoms with Gasteiger partial charge in [-0.3, -0.25) is 4.79 Å². The Hall–Kier alpha value is -2.49. The molecular formula is C16H19N3O. The summed E-state index contributed by atoms with van der Waals surface area (Å²) < 4.78 is 0. The quantitative estimate of drug-likeness (QED) is 0.842. The number of amides is 1. The molecule has 3 N–H and O–H groups in total. The van der Waals surface area contributed by atoms with Crippen LogP contribution in [0.1, 0.15) is 15.9 Å². The molecule has 2 rings (SSSR count). The molecule has 0 fully saturated rings. The van der Waals surface area contributed by atoms with Gasteiger partial charge < -0.3 is 16.0 Å². The van der Waals surface area contributed by atoms with Crippen LogP contribution in [-0.4, -0.2) is 20.0 Å². The lowest BCUT2D eigenvalue weighted by Crippen LogP contribution is -2.18. The maximum atomic E-state index is 12.4. The zero-order chi connectivity index (χ0) is 14.7. The minimum Gasteiger partial charge on any atom is -0.398 e. The third-order valence-corrected chi connectivity index (χ3v) is 3.20. The first-order chi connectivity index (χ1) is 9.50. The van der Waals surface area contributed by atoms with E-state index in [-0.39, 0.29) is 5.91 Å². The molecule has 0 saturated carbocycles. The number of carbonyl (C=O) groups excluding carboxylic acids is 1. The molecule has 20 heavy (non-hydrogen) atoms. The summed E-state index contributed by atoms with van der Waals surface area (Å²) in [7, 11) is 3.87. The van der Waals surface area contributed by atoms with E-state index in [0.717, 1.165) is 16.9 Å². The van der Waals surface area contributed by atoms with Crippen molar-refractivity contribution in [3.63, 3.8) is 0 Å². The highest BCUT2D eigenvalue weighted by atomic mass is 16.1. The van der Waals surface area contributed by atoms with Crippen LogP contribution in [0.5, 0.6) is 0 Å². The molecule has 4 heteroatoms. The summed E-state index contributed by atoms with van der Waals surface area (Å²) in [4.78, 5) is 14.3. The van der Waals surface area contributed by atoms with E-state index in [1.54, 1.807) is 6.07 Å². The van der Waals surface area contributed by atoms with E-state index in [9.17, 15) is 4.79 Å². The van der Waals surface area contributed by atoms with E-state index in [1.807, 2.05) is 62.3 Å². The molecule has 4 nitrogen and oxygen atoms in total. The summed E-state index contributed by atoms with van der Waals surface area (Å²) in [6, 6.07) is 13.1. The van der Waals surface area contributed by atoms with Gasteiger partial charge in [-0.05, 0) is 30.7 Å². The van der Waals surface area contributed by atoms with E-state index in [0.29, 0.717) is 11.3 Å². The SMILES string of the molecule is Cc1cccc(C(=O)Nc2ccccc2N(C)C)c1N. The van der Waals surface area contributed by atoms with Gasteiger partial charge >= 0.3 is 0 Å². The molecule has 0 saturated heterocycles. The smallest absolute Gasteiger partial charge is 0.257 e. The Morgan fingerprint density at radius 1 is 1.10 bits per heavy atom. The number of nitrogens with zero attached hydrogens (tertiary/aromatic N) is 1. The molecule has 2 aromatic carbocycles. The van der Waals surface area contributed by atoms with Gasteiger partial charge in [0.1, 0.15) is 0 Å². The van der Waals surface area contributed by atoms with Gasteiger partial charge in [-0.25, -0.2) is 0 Å². The van der Waals surface area contributed by atoms with Gasteiger partial charge in [0.15, 0.2) is 0 Å². The van der Waals surface area contributed by atoms with Crippen LogP contribution in [-0.2, 0) is 0 Å². The maximum absolute atomic E-state index is 12.4. The van der Waals surface area contributed by atoms with Gasteiger partial charge in [-0.2, -0.15) is 0 Å². The topological polar surface area (TPSA) is 58.4 Å². The average molecular weight is 269 g/mol. The Morgan fingerprint density at radius 2 is 1.80 bits per heavy atom. The average Bonchev–Trinajstić information content (AvgIpc) is 2.42. The van der Waals surface area contributed by atoms with Crippen LogP contribution >= 0.6 is 0 Å². The third kappa shape index (κ3) is 2.74. The van der Waals surface area contributed by atoms with Gasteiger partial charge in [-0.15, -0.1) is 0 Å². The van der Waals surface area contributed by atoms with E-state index in [4.69, 9.17) is 5.73 Å². The normalized spacial score (nSPS) is 10.2. The van der Waals surface area contributed by atoms with Crippen molar-refractivity contribution in [1.82, 2.24) is 0 Å². The predicted molar refractivity (Wildman–Crippen MR) is 84.3 cm³/mol. The fraction of sp³-hybridized carbons (Fsp3) is 0.188. The van der Waals surface area contributed by atoms with Crippen LogP contribution in [0.3, 0.4) is 0 Å². The molecule has 1 amide bonds. The number of hydrogen-bond acceptors (Lipinski definition) is 3. The number of rotatable bonds is 3. The number of nitrogens with one attached hydrogen (secondary N) is 1. The van der Waals surface area contributed by atoms with Gasteiger partial charge in [-0.1, -0.05) is 24.3 Å². The lowest BCUT2D eigenvalue weighted by Gasteiger charge is -2.18. The number of benzene rings is 2. The molecule has 0 unspecified atom stereocenters. The molecule has 0 heterocycles. The van der Waals surface area contributed by atoms with E-state index < -0.39 is 0 Å². The van der Waals surface area contributed by atoms with Crippen LogP contribution in [0, 0.1) is 6.92 Å². The van der Waals surface area contributed by atoms with Crippen molar-refractivity contribution in [2.75, 3.05) is 30.0 Å². The number of hydrogen-bond donors (Lipinski definition) is 2. The monoisotopic (exact) mass is 269 g/mol. The zero-order valence-corrected chi connectivity index (χ0v) is 12.0. The molecule has 0 radical (unpaired) electrons. The molecular weight excluding hydrogens is 250 g/mol. The van der Waals surface area contributed by atoms with Gasteiger partial charge in [0.05, 0.1) is 16.9 Å². The predicted octanol–water partition coefficient (Wildman–Crippen LogP) is 2.90. The highest BCUT2D eigenvalue weighted by Crippen LogP contribution is 2.25. The van der Waals surface area contributed by atoms with Crippen LogP contribution in [0.4, 0.5) is 17.1 Å². The van der Waals surface area contributed by atoms with E-state index in [2.05, 4.69) is 5.32 Å². The minimum absolute atomic E-state index is 0.194. The third-order valence-electron chi connectivity index (χ3n) is 3.20.